The minimum absolute atomic E-state index is 0.169. The third-order valence-corrected chi connectivity index (χ3v) is 3.91. The normalized spacial score (nSPS) is 11.0. The van der Waals surface area contributed by atoms with E-state index >= 15 is 0 Å². The number of halogens is 2. The lowest BCUT2D eigenvalue weighted by Crippen LogP contribution is -2.23. The first kappa shape index (κ1) is 13.9. The number of benzene rings is 2. The zero-order chi connectivity index (χ0) is 15.0. The molecule has 3 rings (SSSR count). The van der Waals surface area contributed by atoms with Gasteiger partial charge in [0.2, 0.25) is 0 Å². The van der Waals surface area contributed by atoms with Gasteiger partial charge in [-0.2, -0.15) is 0 Å². The Kier molecular flexibility index (Phi) is 3.59. The molecule has 0 saturated carbocycles. The van der Waals surface area contributed by atoms with E-state index in [1.54, 1.807) is 23.7 Å². The van der Waals surface area contributed by atoms with Crippen molar-refractivity contribution in [1.29, 1.82) is 0 Å². The van der Waals surface area contributed by atoms with Crippen molar-refractivity contribution in [3.8, 4) is 0 Å². The highest BCUT2D eigenvalue weighted by Crippen LogP contribution is 2.18. The molecule has 0 saturated heterocycles. The first-order valence-electron chi connectivity index (χ1n) is 6.45. The molecule has 0 aliphatic heterocycles. The van der Waals surface area contributed by atoms with E-state index in [-0.39, 0.29) is 17.8 Å². The van der Waals surface area contributed by atoms with Crippen LogP contribution in [0.3, 0.4) is 0 Å². The van der Waals surface area contributed by atoms with Crippen molar-refractivity contribution in [3.63, 3.8) is 0 Å². The standard InChI is InChI=1S/C16H12BrFN2O/c1-20-15-5-3-2-4-13(15)19-14(16(20)21)9-10-8-11(17)6-7-12(10)18/h2-8H,9H2,1H3. The molecule has 0 bridgehead atoms. The molecule has 3 nitrogen and oxygen atoms in total. The Hall–Kier alpha value is -2.01. The van der Waals surface area contributed by atoms with Gasteiger partial charge in [-0.15, -0.1) is 0 Å². The summed E-state index contributed by atoms with van der Waals surface area (Å²) in [5.74, 6) is -0.338. The summed E-state index contributed by atoms with van der Waals surface area (Å²) < 4.78 is 16.2. The average molecular weight is 347 g/mol. The van der Waals surface area contributed by atoms with E-state index in [1.807, 2.05) is 24.3 Å². The van der Waals surface area contributed by atoms with Gasteiger partial charge in [-0.3, -0.25) is 4.79 Å². The smallest absolute Gasteiger partial charge is 0.272 e. The Morgan fingerprint density at radius 1 is 1.24 bits per heavy atom. The Balaban J connectivity index is 2.15. The van der Waals surface area contributed by atoms with Gasteiger partial charge in [0, 0.05) is 17.9 Å². The van der Waals surface area contributed by atoms with Crippen LogP contribution in [0.1, 0.15) is 11.3 Å². The highest BCUT2D eigenvalue weighted by atomic mass is 79.9. The van der Waals surface area contributed by atoms with Crippen LogP contribution in [0.15, 0.2) is 51.7 Å². The second kappa shape index (κ2) is 5.41. The second-order valence-electron chi connectivity index (χ2n) is 4.82. The fraction of sp³-hybridized carbons (Fsp3) is 0.125. The molecular formula is C16H12BrFN2O. The monoisotopic (exact) mass is 346 g/mol. The summed E-state index contributed by atoms with van der Waals surface area (Å²) in [6.07, 6.45) is 0.169. The summed E-state index contributed by atoms with van der Waals surface area (Å²) in [5, 5.41) is 0. The number of aryl methyl sites for hydroxylation is 1. The predicted octanol–water partition coefficient (Wildman–Crippen LogP) is 3.43. The van der Waals surface area contributed by atoms with Crippen molar-refractivity contribution in [2.45, 2.75) is 6.42 Å². The first-order chi connectivity index (χ1) is 10.1. The quantitative estimate of drug-likeness (QED) is 0.712. The maximum Gasteiger partial charge on any atom is 0.272 e. The number of hydrogen-bond donors (Lipinski definition) is 0. The molecular weight excluding hydrogens is 335 g/mol. The number of rotatable bonds is 2. The van der Waals surface area contributed by atoms with E-state index < -0.39 is 0 Å². The van der Waals surface area contributed by atoms with Crippen LogP contribution in [0.4, 0.5) is 4.39 Å². The molecule has 0 radical (unpaired) electrons. The van der Waals surface area contributed by atoms with E-state index in [0.29, 0.717) is 11.3 Å². The van der Waals surface area contributed by atoms with Crippen molar-refractivity contribution < 1.29 is 4.39 Å². The predicted molar refractivity (Wildman–Crippen MR) is 83.9 cm³/mol. The van der Waals surface area contributed by atoms with Crippen molar-refractivity contribution in [2.75, 3.05) is 0 Å². The lowest BCUT2D eigenvalue weighted by atomic mass is 10.1. The molecule has 0 atom stereocenters. The lowest BCUT2D eigenvalue weighted by molar-refractivity contribution is 0.612. The van der Waals surface area contributed by atoms with E-state index in [4.69, 9.17) is 0 Å². The molecule has 106 valence electrons. The van der Waals surface area contributed by atoms with Gasteiger partial charge in [0.25, 0.3) is 5.56 Å². The molecule has 2 aromatic carbocycles. The average Bonchev–Trinajstić information content (AvgIpc) is 2.48. The van der Waals surface area contributed by atoms with Crippen LogP contribution >= 0.6 is 15.9 Å². The zero-order valence-corrected chi connectivity index (χ0v) is 12.9. The van der Waals surface area contributed by atoms with Crippen LogP contribution in [-0.4, -0.2) is 9.55 Å². The van der Waals surface area contributed by atoms with Crippen molar-refractivity contribution in [1.82, 2.24) is 9.55 Å². The SMILES string of the molecule is Cn1c(=O)c(Cc2cc(Br)ccc2F)nc2ccccc21. The molecule has 1 aromatic heterocycles. The van der Waals surface area contributed by atoms with Crippen molar-refractivity contribution in [3.05, 3.63) is 74.4 Å². The minimum Gasteiger partial charge on any atom is -0.308 e. The van der Waals surface area contributed by atoms with Crippen LogP contribution < -0.4 is 5.56 Å². The zero-order valence-electron chi connectivity index (χ0n) is 11.3. The Morgan fingerprint density at radius 2 is 2.00 bits per heavy atom. The van der Waals surface area contributed by atoms with E-state index in [0.717, 1.165) is 15.5 Å². The topological polar surface area (TPSA) is 34.9 Å². The second-order valence-corrected chi connectivity index (χ2v) is 5.74. The fourth-order valence-electron chi connectivity index (χ4n) is 2.31. The van der Waals surface area contributed by atoms with Crippen LogP contribution in [0, 0.1) is 5.82 Å². The number of fused-ring (bicyclic) bond motifs is 1. The largest absolute Gasteiger partial charge is 0.308 e. The molecule has 0 spiro atoms. The molecule has 0 fully saturated rings. The summed E-state index contributed by atoms with van der Waals surface area (Å²) in [7, 11) is 1.70. The first-order valence-corrected chi connectivity index (χ1v) is 7.24. The van der Waals surface area contributed by atoms with E-state index in [9.17, 15) is 9.18 Å². The maximum atomic E-state index is 13.8. The summed E-state index contributed by atoms with van der Waals surface area (Å²) in [5.41, 5.74) is 2.08. The molecule has 0 aliphatic rings. The Bertz CT molecular complexity index is 889. The van der Waals surface area contributed by atoms with Crippen molar-refractivity contribution in [2.24, 2.45) is 7.05 Å². The molecule has 0 amide bonds. The van der Waals surface area contributed by atoms with Gasteiger partial charge in [0.05, 0.1) is 11.0 Å². The molecule has 0 aliphatic carbocycles. The highest BCUT2D eigenvalue weighted by Gasteiger charge is 2.11. The molecule has 21 heavy (non-hydrogen) atoms. The van der Waals surface area contributed by atoms with Gasteiger partial charge >= 0.3 is 0 Å². The number of nitrogens with zero attached hydrogens (tertiary/aromatic N) is 2. The number of para-hydroxylation sites is 2. The van der Waals surface area contributed by atoms with Crippen molar-refractivity contribution >= 4 is 27.0 Å². The lowest BCUT2D eigenvalue weighted by Gasteiger charge is -2.08. The highest BCUT2D eigenvalue weighted by molar-refractivity contribution is 9.10. The van der Waals surface area contributed by atoms with Crippen LogP contribution in [0.5, 0.6) is 0 Å². The van der Waals surface area contributed by atoms with Gasteiger partial charge < -0.3 is 4.57 Å². The third kappa shape index (κ3) is 2.61. The van der Waals surface area contributed by atoms with Gasteiger partial charge in [-0.25, -0.2) is 9.37 Å². The summed E-state index contributed by atoms with van der Waals surface area (Å²) in [4.78, 5) is 16.7. The van der Waals surface area contributed by atoms with Crippen LogP contribution in [0.2, 0.25) is 0 Å². The van der Waals surface area contributed by atoms with Gasteiger partial charge in [0.15, 0.2) is 0 Å². The van der Waals surface area contributed by atoms with E-state index in [1.165, 1.54) is 6.07 Å². The summed E-state index contributed by atoms with van der Waals surface area (Å²) in [6, 6.07) is 12.1. The molecule has 3 aromatic rings. The van der Waals surface area contributed by atoms with Gasteiger partial charge in [-0.1, -0.05) is 28.1 Å². The number of aromatic nitrogens is 2. The van der Waals surface area contributed by atoms with Crippen LogP contribution in [-0.2, 0) is 13.5 Å². The molecule has 0 N–H and O–H groups in total. The Labute approximate surface area is 129 Å². The minimum atomic E-state index is -0.338. The summed E-state index contributed by atoms with van der Waals surface area (Å²) in [6.45, 7) is 0. The molecule has 5 heteroatoms. The van der Waals surface area contributed by atoms with Crippen LogP contribution in [0.25, 0.3) is 11.0 Å². The third-order valence-electron chi connectivity index (χ3n) is 3.42. The maximum absolute atomic E-state index is 13.8. The van der Waals surface area contributed by atoms with Gasteiger partial charge in [0.1, 0.15) is 11.5 Å². The fourth-order valence-corrected chi connectivity index (χ4v) is 2.72. The van der Waals surface area contributed by atoms with Gasteiger partial charge in [-0.05, 0) is 35.9 Å². The molecule has 1 heterocycles. The Morgan fingerprint density at radius 3 is 2.81 bits per heavy atom. The number of hydrogen-bond acceptors (Lipinski definition) is 2. The molecule has 0 unspecified atom stereocenters. The van der Waals surface area contributed by atoms with E-state index in [2.05, 4.69) is 20.9 Å². The summed E-state index contributed by atoms with van der Waals surface area (Å²) >= 11 is 3.31.